The molecule has 1 N–H and O–H groups in total. The van der Waals surface area contributed by atoms with Crippen molar-refractivity contribution in [3.8, 4) is 0 Å². The van der Waals surface area contributed by atoms with Gasteiger partial charge in [0.05, 0.1) is 16.9 Å². The van der Waals surface area contributed by atoms with Crippen molar-refractivity contribution in [1.29, 1.82) is 0 Å². The van der Waals surface area contributed by atoms with Crippen molar-refractivity contribution in [2.24, 2.45) is 0 Å². The van der Waals surface area contributed by atoms with Crippen LogP contribution in [0.25, 0.3) is 0 Å². The first kappa shape index (κ1) is 15.8. The highest BCUT2D eigenvalue weighted by Gasteiger charge is 2.41. The van der Waals surface area contributed by atoms with Gasteiger partial charge in [-0.2, -0.15) is 5.10 Å². The second-order valence-corrected chi connectivity index (χ2v) is 6.63. The molecule has 0 amide bonds. The molecule has 1 saturated heterocycles. The van der Waals surface area contributed by atoms with E-state index in [1.807, 2.05) is 4.68 Å². The predicted molar refractivity (Wildman–Crippen MR) is 82.1 cm³/mol. The number of aromatic nitrogens is 2. The SMILES string of the molecule is CCC(C)(C(O)c1c(Cl)cnn1C(C)C)N1CCCC1. The second kappa shape index (κ2) is 6.04. The quantitative estimate of drug-likeness (QED) is 0.906. The summed E-state index contributed by atoms with van der Waals surface area (Å²) >= 11 is 6.29. The monoisotopic (exact) mass is 299 g/mol. The van der Waals surface area contributed by atoms with Crippen molar-refractivity contribution in [3.05, 3.63) is 16.9 Å². The fraction of sp³-hybridized carbons (Fsp3) is 0.800. The summed E-state index contributed by atoms with van der Waals surface area (Å²) in [5.41, 5.74) is 0.463. The van der Waals surface area contributed by atoms with E-state index in [0.29, 0.717) is 5.02 Å². The van der Waals surface area contributed by atoms with Crippen LogP contribution in [0.4, 0.5) is 0 Å². The molecule has 2 unspecified atom stereocenters. The Bertz CT molecular complexity index is 454. The number of halogens is 1. The summed E-state index contributed by atoms with van der Waals surface area (Å²) in [7, 11) is 0. The van der Waals surface area contributed by atoms with Crippen molar-refractivity contribution >= 4 is 11.6 Å². The second-order valence-electron chi connectivity index (χ2n) is 6.22. The zero-order chi connectivity index (χ0) is 14.9. The molecule has 0 saturated carbocycles. The molecule has 2 rings (SSSR count). The fourth-order valence-corrected chi connectivity index (χ4v) is 3.36. The summed E-state index contributed by atoms with van der Waals surface area (Å²) in [6.45, 7) is 10.5. The molecule has 20 heavy (non-hydrogen) atoms. The maximum absolute atomic E-state index is 11.0. The highest BCUT2D eigenvalue weighted by molar-refractivity contribution is 6.31. The minimum atomic E-state index is -0.622. The van der Waals surface area contributed by atoms with Crippen LogP contribution in [0.15, 0.2) is 6.20 Å². The van der Waals surface area contributed by atoms with E-state index in [1.165, 1.54) is 12.8 Å². The summed E-state index contributed by atoms with van der Waals surface area (Å²) in [5, 5.41) is 15.9. The number of rotatable bonds is 5. The van der Waals surface area contributed by atoms with Crippen molar-refractivity contribution in [2.75, 3.05) is 13.1 Å². The van der Waals surface area contributed by atoms with Crippen LogP contribution in [0.5, 0.6) is 0 Å². The Hall–Kier alpha value is -0.580. The molecule has 2 heterocycles. The van der Waals surface area contributed by atoms with Crippen LogP contribution in [-0.4, -0.2) is 38.4 Å². The Morgan fingerprint density at radius 1 is 1.40 bits per heavy atom. The maximum atomic E-state index is 11.0. The zero-order valence-corrected chi connectivity index (χ0v) is 13.7. The van der Waals surface area contributed by atoms with Crippen molar-refractivity contribution in [3.63, 3.8) is 0 Å². The van der Waals surface area contributed by atoms with Crippen LogP contribution in [0.3, 0.4) is 0 Å². The summed E-state index contributed by atoms with van der Waals surface area (Å²) in [4.78, 5) is 2.39. The smallest absolute Gasteiger partial charge is 0.115 e. The molecule has 5 heteroatoms. The first-order chi connectivity index (χ1) is 9.41. The lowest BCUT2D eigenvalue weighted by atomic mass is 9.87. The Morgan fingerprint density at radius 2 is 2.00 bits per heavy atom. The van der Waals surface area contributed by atoms with E-state index in [0.717, 1.165) is 25.2 Å². The normalized spacial score (nSPS) is 21.4. The summed E-state index contributed by atoms with van der Waals surface area (Å²) < 4.78 is 1.84. The Kier molecular flexibility index (Phi) is 4.77. The zero-order valence-electron chi connectivity index (χ0n) is 12.9. The molecule has 1 aromatic rings. The van der Waals surface area contributed by atoms with E-state index in [1.54, 1.807) is 6.20 Å². The van der Waals surface area contributed by atoms with Gasteiger partial charge in [-0.05, 0) is 53.1 Å². The summed E-state index contributed by atoms with van der Waals surface area (Å²) in [6.07, 6.45) is 4.32. The summed E-state index contributed by atoms with van der Waals surface area (Å²) in [6, 6.07) is 0.187. The molecule has 114 valence electrons. The molecular weight excluding hydrogens is 274 g/mol. The van der Waals surface area contributed by atoms with E-state index < -0.39 is 6.10 Å². The van der Waals surface area contributed by atoms with Gasteiger partial charge in [0.15, 0.2) is 0 Å². The van der Waals surface area contributed by atoms with Gasteiger partial charge in [-0.3, -0.25) is 9.58 Å². The van der Waals surface area contributed by atoms with Gasteiger partial charge >= 0.3 is 0 Å². The van der Waals surface area contributed by atoms with Crippen molar-refractivity contribution in [1.82, 2.24) is 14.7 Å². The molecule has 0 spiro atoms. The first-order valence-corrected chi connectivity index (χ1v) is 7.95. The number of nitrogens with zero attached hydrogens (tertiary/aromatic N) is 3. The molecule has 0 radical (unpaired) electrons. The third kappa shape index (κ3) is 2.61. The lowest BCUT2D eigenvalue weighted by molar-refractivity contribution is -0.0192. The van der Waals surface area contributed by atoms with Crippen molar-refractivity contribution in [2.45, 2.75) is 64.6 Å². The Balaban J connectivity index is 2.37. The summed E-state index contributed by atoms with van der Waals surface area (Å²) in [5.74, 6) is 0. The number of likely N-dealkylation sites (tertiary alicyclic amines) is 1. The van der Waals surface area contributed by atoms with Gasteiger partial charge in [0.2, 0.25) is 0 Å². The Morgan fingerprint density at radius 3 is 2.50 bits per heavy atom. The Labute approximate surface area is 126 Å². The molecule has 0 bridgehead atoms. The standard InChI is InChI=1S/C15H26ClN3O/c1-5-15(4,18-8-6-7-9-18)14(20)13-12(16)10-17-19(13)11(2)3/h10-11,14,20H,5-9H2,1-4H3. The molecule has 1 aliphatic heterocycles. The van der Waals surface area contributed by atoms with Gasteiger partial charge in [-0.25, -0.2) is 0 Å². The minimum Gasteiger partial charge on any atom is -0.385 e. The average Bonchev–Trinajstić information content (AvgIpc) is 3.06. The average molecular weight is 300 g/mol. The topological polar surface area (TPSA) is 41.3 Å². The number of aliphatic hydroxyl groups is 1. The van der Waals surface area contributed by atoms with Gasteiger partial charge in [-0.1, -0.05) is 18.5 Å². The highest BCUT2D eigenvalue weighted by Crippen LogP contribution is 2.39. The number of aliphatic hydroxyl groups excluding tert-OH is 1. The van der Waals surface area contributed by atoms with E-state index in [4.69, 9.17) is 11.6 Å². The first-order valence-electron chi connectivity index (χ1n) is 7.57. The maximum Gasteiger partial charge on any atom is 0.115 e. The molecule has 4 nitrogen and oxygen atoms in total. The number of hydrogen-bond donors (Lipinski definition) is 1. The molecule has 0 aromatic carbocycles. The van der Waals surface area contributed by atoms with Crippen LogP contribution in [0.1, 0.15) is 64.8 Å². The third-order valence-corrected chi connectivity index (χ3v) is 4.96. The fourth-order valence-electron chi connectivity index (χ4n) is 3.13. The molecule has 0 aliphatic carbocycles. The van der Waals surface area contributed by atoms with Crippen LogP contribution in [-0.2, 0) is 0 Å². The van der Waals surface area contributed by atoms with E-state index in [9.17, 15) is 5.11 Å². The highest BCUT2D eigenvalue weighted by atomic mass is 35.5. The van der Waals surface area contributed by atoms with Crippen LogP contribution in [0, 0.1) is 0 Å². The van der Waals surface area contributed by atoms with Crippen LogP contribution in [0.2, 0.25) is 5.02 Å². The lowest BCUT2D eigenvalue weighted by Crippen LogP contribution is -2.49. The van der Waals surface area contributed by atoms with Gasteiger partial charge in [0.1, 0.15) is 6.10 Å². The molecule has 1 aliphatic rings. The predicted octanol–water partition coefficient (Wildman–Crippen LogP) is 3.42. The molecule has 2 atom stereocenters. The minimum absolute atomic E-state index is 0.187. The van der Waals surface area contributed by atoms with Crippen LogP contribution < -0.4 is 0 Å². The van der Waals surface area contributed by atoms with Gasteiger partial charge in [0.25, 0.3) is 0 Å². The molecule has 1 aromatic heterocycles. The van der Waals surface area contributed by atoms with E-state index in [-0.39, 0.29) is 11.6 Å². The lowest BCUT2D eigenvalue weighted by Gasteiger charge is -2.42. The molecule has 1 fully saturated rings. The van der Waals surface area contributed by atoms with Crippen LogP contribution >= 0.6 is 11.6 Å². The van der Waals surface area contributed by atoms with E-state index in [2.05, 4.69) is 37.7 Å². The van der Waals surface area contributed by atoms with Crippen molar-refractivity contribution < 1.29 is 5.11 Å². The van der Waals surface area contributed by atoms with Gasteiger partial charge in [-0.15, -0.1) is 0 Å². The largest absolute Gasteiger partial charge is 0.385 e. The number of hydrogen-bond acceptors (Lipinski definition) is 3. The van der Waals surface area contributed by atoms with E-state index >= 15 is 0 Å². The molecular formula is C15H26ClN3O. The van der Waals surface area contributed by atoms with Gasteiger partial charge < -0.3 is 5.11 Å². The van der Waals surface area contributed by atoms with Gasteiger partial charge in [0, 0.05) is 11.6 Å². The third-order valence-electron chi connectivity index (χ3n) is 4.67.